The van der Waals surface area contributed by atoms with E-state index < -0.39 is 0 Å². The average Bonchev–Trinajstić information content (AvgIpc) is 3.13. The second-order valence-corrected chi connectivity index (χ2v) is 11.3. The molecule has 5 unspecified atom stereocenters. The largest absolute Gasteiger partial charge is 0.393 e. The lowest BCUT2D eigenvalue weighted by atomic mass is 9.45. The molecule has 4 saturated carbocycles. The Morgan fingerprint density at radius 2 is 1.69 bits per heavy atom. The number of hydrogen-bond acceptors (Lipinski definition) is 3. The molecule has 2 aliphatic heterocycles. The van der Waals surface area contributed by atoms with Crippen LogP contribution < -0.4 is 0 Å². The van der Waals surface area contributed by atoms with Crippen molar-refractivity contribution in [3.05, 3.63) is 0 Å². The summed E-state index contributed by atoms with van der Waals surface area (Å²) in [4.78, 5) is 2.77. The molecule has 6 aliphatic rings. The Hall–Kier alpha value is -0.120. The predicted octanol–water partition coefficient (Wildman–Crippen LogP) is 4.19. The first-order valence-corrected chi connectivity index (χ1v) is 11.6. The van der Waals surface area contributed by atoms with Gasteiger partial charge in [-0.15, -0.1) is 0 Å². The maximum absolute atomic E-state index is 10.4. The van der Waals surface area contributed by atoms with Crippen LogP contribution in [0.3, 0.4) is 0 Å². The highest BCUT2D eigenvalue weighted by Gasteiger charge is 2.63. The van der Waals surface area contributed by atoms with Gasteiger partial charge in [-0.1, -0.05) is 13.8 Å². The molecule has 0 aromatic heterocycles. The molecule has 0 radical (unpaired) electrons. The van der Waals surface area contributed by atoms with Gasteiger partial charge in [0.15, 0.2) is 0 Å². The van der Waals surface area contributed by atoms with Gasteiger partial charge in [-0.3, -0.25) is 4.90 Å². The molecule has 2 heterocycles. The zero-order valence-corrected chi connectivity index (χ0v) is 16.7. The number of nitrogens with zero attached hydrogens (tertiary/aromatic N) is 1. The molecule has 146 valence electrons. The summed E-state index contributed by atoms with van der Waals surface area (Å²) in [5.41, 5.74) is 0.927. The third-order valence-corrected chi connectivity index (χ3v) is 10.5. The van der Waals surface area contributed by atoms with Crippen molar-refractivity contribution in [2.24, 2.45) is 34.5 Å². The number of aliphatic hydroxyl groups excluding tert-OH is 1. The summed E-state index contributed by atoms with van der Waals surface area (Å²) in [5, 5.41) is 10.4. The van der Waals surface area contributed by atoms with Gasteiger partial charge in [-0.05, 0) is 98.7 Å². The van der Waals surface area contributed by atoms with Crippen LogP contribution in [-0.4, -0.2) is 41.0 Å². The number of fused-ring (bicyclic) bond motifs is 6. The molecule has 6 fully saturated rings. The lowest BCUT2D eigenvalue weighted by molar-refractivity contribution is -0.134. The van der Waals surface area contributed by atoms with Crippen LogP contribution in [0.1, 0.15) is 78.1 Å². The van der Waals surface area contributed by atoms with E-state index in [9.17, 15) is 5.11 Å². The van der Waals surface area contributed by atoms with E-state index in [4.69, 9.17) is 4.74 Å². The van der Waals surface area contributed by atoms with E-state index >= 15 is 0 Å². The van der Waals surface area contributed by atoms with E-state index in [-0.39, 0.29) is 6.10 Å². The lowest BCUT2D eigenvalue weighted by Crippen LogP contribution is -2.56. The van der Waals surface area contributed by atoms with Crippen LogP contribution in [0.15, 0.2) is 0 Å². The van der Waals surface area contributed by atoms with Gasteiger partial charge in [0.1, 0.15) is 12.3 Å². The fraction of sp³-hybridized carbons (Fsp3) is 1.00. The second-order valence-electron chi connectivity index (χ2n) is 11.3. The van der Waals surface area contributed by atoms with Crippen molar-refractivity contribution in [3.8, 4) is 0 Å². The lowest BCUT2D eigenvalue weighted by Gasteiger charge is -2.61. The van der Waals surface area contributed by atoms with Crippen LogP contribution in [0.2, 0.25) is 0 Å². The Labute approximate surface area is 158 Å². The Balaban J connectivity index is 1.28. The van der Waals surface area contributed by atoms with Crippen LogP contribution in [0.25, 0.3) is 0 Å². The summed E-state index contributed by atoms with van der Waals surface area (Å²) in [6, 6.07) is 0.772. The van der Waals surface area contributed by atoms with Crippen molar-refractivity contribution in [2.45, 2.75) is 103 Å². The van der Waals surface area contributed by atoms with Gasteiger partial charge in [-0.25, -0.2) is 0 Å². The Bertz CT molecular complexity index is 595. The van der Waals surface area contributed by atoms with Crippen molar-refractivity contribution in [1.29, 1.82) is 0 Å². The number of hydrogen-bond donors (Lipinski definition) is 1. The van der Waals surface area contributed by atoms with Crippen molar-refractivity contribution >= 4 is 0 Å². The molecule has 3 heteroatoms. The number of rotatable bonds is 1. The first-order valence-electron chi connectivity index (χ1n) is 11.6. The fourth-order valence-electron chi connectivity index (χ4n) is 9.22. The minimum absolute atomic E-state index is 0.0341. The van der Waals surface area contributed by atoms with Crippen LogP contribution in [0.4, 0.5) is 0 Å². The third kappa shape index (κ3) is 2.12. The molecule has 0 aromatic carbocycles. The first-order chi connectivity index (χ1) is 12.5. The molecular formula is C23H37NO2. The first kappa shape index (κ1) is 16.8. The summed E-state index contributed by atoms with van der Waals surface area (Å²) < 4.78 is 5.91. The van der Waals surface area contributed by atoms with Gasteiger partial charge in [0.2, 0.25) is 0 Å². The van der Waals surface area contributed by atoms with Gasteiger partial charge in [-0.2, -0.15) is 0 Å². The predicted molar refractivity (Wildman–Crippen MR) is 102 cm³/mol. The Morgan fingerprint density at radius 3 is 2.46 bits per heavy atom. The smallest absolute Gasteiger partial charge is 0.138 e. The van der Waals surface area contributed by atoms with Crippen molar-refractivity contribution in [2.75, 3.05) is 6.54 Å². The minimum atomic E-state index is -0.0341. The van der Waals surface area contributed by atoms with E-state index in [2.05, 4.69) is 18.7 Å². The highest BCUT2D eigenvalue weighted by atomic mass is 16.6. The summed E-state index contributed by atoms with van der Waals surface area (Å²) in [5.74, 6) is 3.59. The minimum Gasteiger partial charge on any atom is -0.393 e. The van der Waals surface area contributed by atoms with Crippen LogP contribution in [-0.2, 0) is 4.74 Å². The van der Waals surface area contributed by atoms with Gasteiger partial charge in [0.25, 0.3) is 0 Å². The normalized spacial score (nSPS) is 61.5. The Morgan fingerprint density at radius 1 is 0.885 bits per heavy atom. The zero-order chi connectivity index (χ0) is 17.7. The monoisotopic (exact) mass is 359 g/mol. The molecule has 3 nitrogen and oxygen atoms in total. The molecule has 0 amide bonds. The molecule has 2 saturated heterocycles. The summed E-state index contributed by atoms with van der Waals surface area (Å²) in [6.07, 6.45) is 14.3. The number of ether oxygens (including phenoxy) is 1. The molecule has 6 rings (SSSR count). The quantitative estimate of drug-likeness (QED) is 0.713. The van der Waals surface area contributed by atoms with E-state index in [1.54, 1.807) is 0 Å². The van der Waals surface area contributed by atoms with Crippen LogP contribution in [0.5, 0.6) is 0 Å². The van der Waals surface area contributed by atoms with E-state index in [0.29, 0.717) is 23.2 Å². The van der Waals surface area contributed by atoms with Crippen molar-refractivity contribution in [3.63, 3.8) is 0 Å². The van der Waals surface area contributed by atoms with Crippen LogP contribution in [0, 0.1) is 34.5 Å². The summed E-state index contributed by atoms with van der Waals surface area (Å²) in [7, 11) is 0. The second kappa shape index (κ2) is 5.48. The summed E-state index contributed by atoms with van der Waals surface area (Å²) >= 11 is 0. The van der Waals surface area contributed by atoms with Crippen LogP contribution >= 0.6 is 0 Å². The topological polar surface area (TPSA) is 36.0 Å². The molecule has 26 heavy (non-hydrogen) atoms. The zero-order valence-electron chi connectivity index (χ0n) is 16.7. The van der Waals surface area contributed by atoms with Crippen molar-refractivity contribution < 1.29 is 9.84 Å². The van der Waals surface area contributed by atoms with Gasteiger partial charge in [0, 0.05) is 12.6 Å². The van der Waals surface area contributed by atoms with E-state index in [1.807, 2.05) is 0 Å². The third-order valence-electron chi connectivity index (χ3n) is 10.5. The highest BCUT2D eigenvalue weighted by molar-refractivity contribution is 5.13. The molecule has 10 atom stereocenters. The fourth-order valence-corrected chi connectivity index (χ4v) is 9.22. The van der Waals surface area contributed by atoms with E-state index in [0.717, 1.165) is 42.6 Å². The SMILES string of the molecule is C[C@]12CC(O)CCC1CC[C@@H]1[C@H]2CC[C@]2(C)C(N3CCC4OC43)CC[C@@H]12. The molecule has 4 aliphatic carbocycles. The molecule has 0 bridgehead atoms. The Kier molecular flexibility index (Phi) is 3.54. The summed E-state index contributed by atoms with van der Waals surface area (Å²) in [6.45, 7) is 6.49. The van der Waals surface area contributed by atoms with Gasteiger partial charge in [0.05, 0.1) is 6.10 Å². The number of aliphatic hydroxyl groups is 1. The van der Waals surface area contributed by atoms with Gasteiger partial charge >= 0.3 is 0 Å². The standard InChI is InChI=1S/C23H37NO2/c1-22-11-9-18-16(6-4-14-3-5-15(25)13-23(14,18)2)17(22)7-8-20(22)24-12-10-19-21(24)26-19/h14-21,25H,3-13H2,1-2H3/t14?,15?,16-,17-,18+,19?,20?,21?,22-,23-/m0/s1. The maximum atomic E-state index is 10.4. The maximum Gasteiger partial charge on any atom is 0.138 e. The average molecular weight is 360 g/mol. The molecular weight excluding hydrogens is 322 g/mol. The molecule has 1 N–H and O–H groups in total. The van der Waals surface area contributed by atoms with E-state index in [1.165, 1.54) is 57.9 Å². The highest BCUT2D eigenvalue weighted by Crippen LogP contribution is 2.67. The number of likely N-dealkylation sites (tertiary alicyclic amines) is 1. The number of epoxide rings is 1. The van der Waals surface area contributed by atoms with Gasteiger partial charge < -0.3 is 9.84 Å². The van der Waals surface area contributed by atoms with Crippen molar-refractivity contribution in [1.82, 2.24) is 4.90 Å². The molecule has 0 aromatic rings. The molecule has 0 spiro atoms.